The largest absolute Gasteiger partial charge is 0.497 e. The lowest BCUT2D eigenvalue weighted by atomic mass is 10.3. The summed E-state index contributed by atoms with van der Waals surface area (Å²) in [6.45, 7) is 0.228. The summed E-state index contributed by atoms with van der Waals surface area (Å²) in [5.41, 5.74) is 0.716. The first kappa shape index (κ1) is 15.7. The molecule has 5 nitrogen and oxygen atoms in total. The Morgan fingerprint density at radius 2 is 1.79 bits per heavy atom. The number of hydrogen-bond donors (Lipinski definition) is 1. The zero-order chi connectivity index (χ0) is 16.8. The second-order valence-corrected chi connectivity index (χ2v) is 5.05. The van der Waals surface area contributed by atoms with E-state index in [1.165, 1.54) is 0 Å². The Balaban J connectivity index is 1.59. The first-order valence-corrected chi connectivity index (χ1v) is 7.46. The molecule has 0 aliphatic rings. The van der Waals surface area contributed by atoms with Crippen LogP contribution in [0, 0.1) is 0 Å². The quantitative estimate of drug-likeness (QED) is 0.741. The molecule has 0 aliphatic carbocycles. The molecule has 0 atom stereocenters. The van der Waals surface area contributed by atoms with Gasteiger partial charge in [-0.2, -0.15) is 0 Å². The van der Waals surface area contributed by atoms with Crippen LogP contribution in [0.1, 0.15) is 16.3 Å². The smallest absolute Gasteiger partial charge is 0.291 e. The van der Waals surface area contributed by atoms with Gasteiger partial charge in [0.15, 0.2) is 5.76 Å². The van der Waals surface area contributed by atoms with Gasteiger partial charge in [-0.1, -0.05) is 24.3 Å². The molecule has 0 fully saturated rings. The maximum atomic E-state index is 12.1. The van der Waals surface area contributed by atoms with Crippen LogP contribution in [0.25, 0.3) is 0 Å². The number of para-hydroxylation sites is 1. The lowest BCUT2D eigenvalue weighted by Crippen LogP contribution is -2.10. The van der Waals surface area contributed by atoms with E-state index in [0.717, 1.165) is 5.75 Å². The van der Waals surface area contributed by atoms with Crippen molar-refractivity contribution < 1.29 is 18.7 Å². The molecule has 0 bridgehead atoms. The Labute approximate surface area is 139 Å². The van der Waals surface area contributed by atoms with Gasteiger partial charge >= 0.3 is 0 Å². The number of rotatable bonds is 6. The summed E-state index contributed by atoms with van der Waals surface area (Å²) in [4.78, 5) is 12.1. The van der Waals surface area contributed by atoms with Gasteiger partial charge in [0.05, 0.1) is 7.11 Å². The van der Waals surface area contributed by atoms with Crippen molar-refractivity contribution in [1.82, 2.24) is 0 Å². The molecule has 0 aliphatic heterocycles. The highest BCUT2D eigenvalue weighted by molar-refractivity contribution is 6.02. The van der Waals surface area contributed by atoms with Crippen LogP contribution in [0.15, 0.2) is 71.1 Å². The number of amides is 1. The van der Waals surface area contributed by atoms with Crippen molar-refractivity contribution in [3.8, 4) is 11.5 Å². The number of ether oxygens (including phenoxy) is 2. The number of carbonyl (C=O) groups is 1. The molecule has 2 aromatic carbocycles. The number of methoxy groups -OCH3 is 1. The Hall–Kier alpha value is -3.21. The van der Waals surface area contributed by atoms with Gasteiger partial charge in [0.1, 0.15) is 23.9 Å². The van der Waals surface area contributed by atoms with Crippen LogP contribution < -0.4 is 14.8 Å². The second kappa shape index (κ2) is 7.37. The predicted octanol–water partition coefficient (Wildman–Crippen LogP) is 4.12. The maximum Gasteiger partial charge on any atom is 0.291 e. The molecule has 0 radical (unpaired) electrons. The standard InChI is InChI=1S/C19H17NO4/c1-22-15-8-5-9-16(12-15)23-13-17-10-11-18(24-17)19(21)20-14-6-3-2-4-7-14/h2-12H,13H2,1H3,(H,20,21). The molecule has 3 aromatic rings. The van der Waals surface area contributed by atoms with Crippen molar-refractivity contribution in [3.05, 3.63) is 78.3 Å². The molecular weight excluding hydrogens is 306 g/mol. The highest BCUT2D eigenvalue weighted by Gasteiger charge is 2.11. The fourth-order valence-electron chi connectivity index (χ4n) is 2.14. The number of carbonyl (C=O) groups excluding carboxylic acids is 1. The molecule has 1 amide bonds. The Kier molecular flexibility index (Phi) is 4.81. The molecule has 5 heteroatoms. The first-order chi connectivity index (χ1) is 11.7. The zero-order valence-electron chi connectivity index (χ0n) is 13.2. The number of furan rings is 1. The van der Waals surface area contributed by atoms with E-state index >= 15 is 0 Å². The Morgan fingerprint density at radius 3 is 2.58 bits per heavy atom. The average molecular weight is 323 g/mol. The molecular formula is C19H17NO4. The lowest BCUT2D eigenvalue weighted by Gasteiger charge is -2.06. The SMILES string of the molecule is COc1cccc(OCc2ccc(C(=O)Nc3ccccc3)o2)c1. The van der Waals surface area contributed by atoms with Gasteiger partial charge in [-0.25, -0.2) is 0 Å². The second-order valence-electron chi connectivity index (χ2n) is 5.05. The number of anilines is 1. The summed E-state index contributed by atoms with van der Waals surface area (Å²) in [6, 6.07) is 19.9. The fraction of sp³-hybridized carbons (Fsp3) is 0.105. The number of hydrogen-bond acceptors (Lipinski definition) is 4. The minimum Gasteiger partial charge on any atom is -0.497 e. The molecule has 24 heavy (non-hydrogen) atoms. The van der Waals surface area contributed by atoms with Crippen molar-refractivity contribution in [2.45, 2.75) is 6.61 Å². The zero-order valence-corrected chi connectivity index (χ0v) is 13.2. The number of benzene rings is 2. The van der Waals surface area contributed by atoms with Crippen molar-refractivity contribution in [1.29, 1.82) is 0 Å². The van der Waals surface area contributed by atoms with E-state index in [0.29, 0.717) is 17.2 Å². The summed E-state index contributed by atoms with van der Waals surface area (Å²) >= 11 is 0. The monoisotopic (exact) mass is 323 g/mol. The molecule has 0 saturated heterocycles. The molecule has 122 valence electrons. The Morgan fingerprint density at radius 1 is 1.00 bits per heavy atom. The molecule has 1 heterocycles. The van der Waals surface area contributed by atoms with Crippen LogP contribution in [0.3, 0.4) is 0 Å². The van der Waals surface area contributed by atoms with E-state index in [1.807, 2.05) is 48.5 Å². The van der Waals surface area contributed by atoms with Crippen molar-refractivity contribution in [3.63, 3.8) is 0 Å². The molecule has 0 spiro atoms. The first-order valence-electron chi connectivity index (χ1n) is 7.46. The van der Waals surface area contributed by atoms with Gasteiger partial charge in [0.2, 0.25) is 0 Å². The normalized spacial score (nSPS) is 10.2. The molecule has 1 N–H and O–H groups in total. The third-order valence-corrected chi connectivity index (χ3v) is 3.34. The van der Waals surface area contributed by atoms with E-state index in [1.54, 1.807) is 25.3 Å². The van der Waals surface area contributed by atoms with Gasteiger partial charge in [-0.3, -0.25) is 4.79 Å². The topological polar surface area (TPSA) is 60.7 Å². The van der Waals surface area contributed by atoms with E-state index in [9.17, 15) is 4.79 Å². The van der Waals surface area contributed by atoms with E-state index in [2.05, 4.69) is 5.32 Å². The van der Waals surface area contributed by atoms with Gasteiger partial charge in [-0.05, 0) is 36.4 Å². The fourth-order valence-corrected chi connectivity index (χ4v) is 2.14. The minimum atomic E-state index is -0.297. The third-order valence-electron chi connectivity index (χ3n) is 3.34. The molecule has 3 rings (SSSR count). The number of nitrogens with one attached hydrogen (secondary N) is 1. The Bertz CT molecular complexity index is 811. The predicted molar refractivity (Wildman–Crippen MR) is 90.4 cm³/mol. The lowest BCUT2D eigenvalue weighted by molar-refractivity contribution is 0.0992. The summed E-state index contributed by atoms with van der Waals surface area (Å²) < 4.78 is 16.3. The van der Waals surface area contributed by atoms with Crippen LogP contribution in [0.4, 0.5) is 5.69 Å². The minimum absolute atomic E-state index is 0.228. The van der Waals surface area contributed by atoms with E-state index in [-0.39, 0.29) is 18.3 Å². The molecule has 1 aromatic heterocycles. The van der Waals surface area contributed by atoms with Crippen LogP contribution in [0.2, 0.25) is 0 Å². The maximum absolute atomic E-state index is 12.1. The molecule has 0 saturated carbocycles. The van der Waals surface area contributed by atoms with E-state index < -0.39 is 0 Å². The summed E-state index contributed by atoms with van der Waals surface area (Å²) in [7, 11) is 1.60. The summed E-state index contributed by atoms with van der Waals surface area (Å²) in [5.74, 6) is 1.89. The average Bonchev–Trinajstić information content (AvgIpc) is 3.10. The van der Waals surface area contributed by atoms with Gasteiger partial charge in [0, 0.05) is 11.8 Å². The van der Waals surface area contributed by atoms with Crippen molar-refractivity contribution >= 4 is 11.6 Å². The summed E-state index contributed by atoms with van der Waals surface area (Å²) in [6.07, 6.45) is 0. The third kappa shape index (κ3) is 3.95. The molecule has 0 unspecified atom stereocenters. The van der Waals surface area contributed by atoms with Crippen LogP contribution in [-0.4, -0.2) is 13.0 Å². The van der Waals surface area contributed by atoms with Crippen LogP contribution in [0.5, 0.6) is 11.5 Å². The van der Waals surface area contributed by atoms with Gasteiger partial charge in [0.25, 0.3) is 5.91 Å². The van der Waals surface area contributed by atoms with Crippen LogP contribution >= 0.6 is 0 Å². The highest BCUT2D eigenvalue weighted by atomic mass is 16.5. The summed E-state index contributed by atoms with van der Waals surface area (Å²) in [5, 5.41) is 2.77. The van der Waals surface area contributed by atoms with Crippen LogP contribution in [-0.2, 0) is 6.61 Å². The van der Waals surface area contributed by atoms with Crippen molar-refractivity contribution in [2.75, 3.05) is 12.4 Å². The van der Waals surface area contributed by atoms with E-state index in [4.69, 9.17) is 13.9 Å². The van der Waals surface area contributed by atoms with Crippen molar-refractivity contribution in [2.24, 2.45) is 0 Å². The van der Waals surface area contributed by atoms with Gasteiger partial charge < -0.3 is 19.2 Å². The highest BCUT2D eigenvalue weighted by Crippen LogP contribution is 2.20. The van der Waals surface area contributed by atoms with Gasteiger partial charge in [-0.15, -0.1) is 0 Å².